The molecule has 1 heterocycles. The van der Waals surface area contributed by atoms with E-state index in [1.54, 1.807) is 6.33 Å². The van der Waals surface area contributed by atoms with Crippen molar-refractivity contribution in [2.24, 2.45) is 5.92 Å². The number of aromatic nitrogens is 2. The molecule has 0 aliphatic carbocycles. The van der Waals surface area contributed by atoms with Crippen molar-refractivity contribution < 1.29 is 4.79 Å². The number of carbonyl (C=O) groups excluding carboxylic acids is 1. The molecule has 128 valence electrons. The summed E-state index contributed by atoms with van der Waals surface area (Å²) in [4.78, 5) is 20.3. The van der Waals surface area contributed by atoms with Crippen LogP contribution in [0.3, 0.4) is 0 Å². The topological polar surface area (TPSA) is 66.9 Å². The van der Waals surface area contributed by atoms with Crippen LogP contribution in [0.5, 0.6) is 0 Å². The van der Waals surface area contributed by atoms with Crippen molar-refractivity contribution in [3.63, 3.8) is 0 Å². The van der Waals surface area contributed by atoms with E-state index in [1.165, 1.54) is 0 Å². The van der Waals surface area contributed by atoms with Gasteiger partial charge in [-0.1, -0.05) is 41.9 Å². The van der Waals surface area contributed by atoms with Gasteiger partial charge in [-0.3, -0.25) is 4.79 Å². The summed E-state index contributed by atoms with van der Waals surface area (Å²) < 4.78 is 0.989. The van der Waals surface area contributed by atoms with E-state index in [9.17, 15) is 4.79 Å². The zero-order valence-corrected chi connectivity index (χ0v) is 15.7. The largest absolute Gasteiger partial charge is 0.365 e. The molecule has 2 N–H and O–H groups in total. The Labute approximate surface area is 155 Å². The summed E-state index contributed by atoms with van der Waals surface area (Å²) in [6, 6.07) is 13.7. The lowest BCUT2D eigenvalue weighted by atomic mass is 10.1. The first-order valence-electron chi connectivity index (χ1n) is 8.07. The maximum atomic E-state index is 11.7. The van der Waals surface area contributed by atoms with E-state index in [0.29, 0.717) is 6.54 Å². The van der Waals surface area contributed by atoms with Crippen LogP contribution in [0.4, 0.5) is 11.5 Å². The van der Waals surface area contributed by atoms with Crippen LogP contribution in [0.25, 0.3) is 10.9 Å². The minimum Gasteiger partial charge on any atom is -0.365 e. The first kappa shape index (κ1) is 17.4. The molecule has 0 unspecified atom stereocenters. The van der Waals surface area contributed by atoms with Crippen molar-refractivity contribution in [2.75, 3.05) is 10.6 Å². The molecule has 3 aromatic rings. The van der Waals surface area contributed by atoms with Gasteiger partial charge in [0.2, 0.25) is 5.91 Å². The maximum absolute atomic E-state index is 11.7. The van der Waals surface area contributed by atoms with Crippen LogP contribution in [0.15, 0.2) is 53.3 Å². The summed E-state index contributed by atoms with van der Waals surface area (Å²) in [5.41, 5.74) is 2.80. The van der Waals surface area contributed by atoms with Gasteiger partial charge >= 0.3 is 0 Å². The summed E-state index contributed by atoms with van der Waals surface area (Å²) in [6.07, 6.45) is 1.56. The third kappa shape index (κ3) is 4.33. The highest BCUT2D eigenvalue weighted by Gasteiger charge is 2.07. The fourth-order valence-corrected chi connectivity index (χ4v) is 2.71. The van der Waals surface area contributed by atoms with Crippen molar-refractivity contribution in [3.05, 3.63) is 58.8 Å². The molecule has 0 bridgehead atoms. The zero-order valence-electron chi connectivity index (χ0n) is 14.1. The molecule has 0 spiro atoms. The van der Waals surface area contributed by atoms with Gasteiger partial charge in [0.15, 0.2) is 0 Å². The standard InChI is InChI=1S/C19H19BrN4O/c1-12(2)19(25)24-15-6-3-13(4-7-15)10-21-18-16-9-14(20)5-8-17(16)22-11-23-18/h3-9,11-12H,10H2,1-2H3,(H,24,25)(H,21,22,23). The molecule has 3 rings (SSSR count). The summed E-state index contributed by atoms with van der Waals surface area (Å²) in [5.74, 6) is 0.777. The minimum absolute atomic E-state index is 0.0175. The van der Waals surface area contributed by atoms with Crippen molar-refractivity contribution in [1.82, 2.24) is 9.97 Å². The van der Waals surface area contributed by atoms with Gasteiger partial charge in [-0.15, -0.1) is 0 Å². The second kappa shape index (κ2) is 7.61. The molecular weight excluding hydrogens is 380 g/mol. The lowest BCUT2D eigenvalue weighted by molar-refractivity contribution is -0.118. The molecule has 0 aliphatic rings. The van der Waals surface area contributed by atoms with E-state index in [-0.39, 0.29) is 11.8 Å². The van der Waals surface area contributed by atoms with Crippen LogP contribution in [0.2, 0.25) is 0 Å². The smallest absolute Gasteiger partial charge is 0.226 e. The molecule has 2 aromatic carbocycles. The van der Waals surface area contributed by atoms with Crippen LogP contribution in [0.1, 0.15) is 19.4 Å². The number of halogens is 1. The molecule has 0 saturated heterocycles. The van der Waals surface area contributed by atoms with Crippen molar-refractivity contribution in [1.29, 1.82) is 0 Å². The first-order valence-corrected chi connectivity index (χ1v) is 8.86. The molecule has 0 fully saturated rings. The predicted octanol–water partition coefficient (Wildman–Crippen LogP) is 4.60. The summed E-state index contributed by atoms with van der Waals surface area (Å²) in [5, 5.41) is 7.21. The van der Waals surface area contributed by atoms with Gasteiger partial charge in [-0.2, -0.15) is 0 Å². The number of hydrogen-bond acceptors (Lipinski definition) is 4. The second-order valence-electron chi connectivity index (χ2n) is 6.08. The summed E-state index contributed by atoms with van der Waals surface area (Å²) in [7, 11) is 0. The molecule has 25 heavy (non-hydrogen) atoms. The Morgan fingerprint density at radius 2 is 1.88 bits per heavy atom. The monoisotopic (exact) mass is 398 g/mol. The summed E-state index contributed by atoms with van der Waals surface area (Å²) in [6.45, 7) is 4.38. The van der Waals surface area contributed by atoms with Gasteiger partial charge in [0.25, 0.3) is 0 Å². The lowest BCUT2D eigenvalue weighted by Gasteiger charge is -2.10. The highest BCUT2D eigenvalue weighted by Crippen LogP contribution is 2.23. The van der Waals surface area contributed by atoms with Gasteiger partial charge in [-0.25, -0.2) is 9.97 Å². The van der Waals surface area contributed by atoms with Crippen molar-refractivity contribution >= 4 is 44.2 Å². The van der Waals surface area contributed by atoms with Crippen LogP contribution >= 0.6 is 15.9 Å². The molecular formula is C19H19BrN4O. The molecule has 0 saturated carbocycles. The molecule has 0 atom stereocenters. The Morgan fingerprint density at radius 3 is 2.60 bits per heavy atom. The van der Waals surface area contributed by atoms with Gasteiger partial charge < -0.3 is 10.6 Å². The zero-order chi connectivity index (χ0) is 17.8. The summed E-state index contributed by atoms with van der Waals surface area (Å²) >= 11 is 3.48. The third-order valence-corrected chi connectivity index (χ3v) is 4.30. The van der Waals surface area contributed by atoms with Gasteiger partial charge in [0, 0.05) is 28.0 Å². The van der Waals surface area contributed by atoms with Crippen LogP contribution in [0, 0.1) is 5.92 Å². The molecule has 1 amide bonds. The number of anilines is 2. The minimum atomic E-state index is -0.0355. The van der Waals surface area contributed by atoms with E-state index in [2.05, 4.69) is 36.5 Å². The van der Waals surface area contributed by atoms with E-state index in [0.717, 1.165) is 32.4 Å². The number of hydrogen-bond donors (Lipinski definition) is 2. The maximum Gasteiger partial charge on any atom is 0.226 e. The van der Waals surface area contributed by atoms with Gasteiger partial charge in [0.05, 0.1) is 5.52 Å². The fourth-order valence-electron chi connectivity index (χ4n) is 2.35. The van der Waals surface area contributed by atoms with E-state index < -0.39 is 0 Å². The molecule has 0 aliphatic heterocycles. The SMILES string of the molecule is CC(C)C(=O)Nc1ccc(CNc2ncnc3ccc(Br)cc23)cc1. The Hall–Kier alpha value is -2.47. The third-order valence-electron chi connectivity index (χ3n) is 3.80. The normalized spacial score (nSPS) is 10.9. The van der Waals surface area contributed by atoms with Crippen LogP contribution in [-0.2, 0) is 11.3 Å². The van der Waals surface area contributed by atoms with Crippen molar-refractivity contribution in [2.45, 2.75) is 20.4 Å². The quantitative estimate of drug-likeness (QED) is 0.658. The fraction of sp³-hybridized carbons (Fsp3) is 0.211. The van der Waals surface area contributed by atoms with Gasteiger partial charge in [0.1, 0.15) is 12.1 Å². The number of fused-ring (bicyclic) bond motifs is 1. The lowest BCUT2D eigenvalue weighted by Crippen LogP contribution is -2.17. The van der Waals surface area contributed by atoms with E-state index in [4.69, 9.17) is 0 Å². The number of rotatable bonds is 5. The number of nitrogens with zero attached hydrogens (tertiary/aromatic N) is 2. The number of benzene rings is 2. The molecule has 0 radical (unpaired) electrons. The Kier molecular flexibility index (Phi) is 5.28. The number of carbonyl (C=O) groups is 1. The van der Waals surface area contributed by atoms with E-state index >= 15 is 0 Å². The number of amides is 1. The first-order chi connectivity index (χ1) is 12.0. The Bertz CT molecular complexity index is 894. The van der Waals surface area contributed by atoms with Crippen molar-refractivity contribution in [3.8, 4) is 0 Å². The Balaban J connectivity index is 1.70. The Morgan fingerprint density at radius 1 is 1.12 bits per heavy atom. The predicted molar refractivity (Wildman–Crippen MR) is 104 cm³/mol. The highest BCUT2D eigenvalue weighted by atomic mass is 79.9. The van der Waals surface area contributed by atoms with Gasteiger partial charge in [-0.05, 0) is 35.9 Å². The molecule has 6 heteroatoms. The average Bonchev–Trinajstić information content (AvgIpc) is 2.61. The molecule has 1 aromatic heterocycles. The molecule has 5 nitrogen and oxygen atoms in total. The van der Waals surface area contributed by atoms with E-state index in [1.807, 2.05) is 56.3 Å². The second-order valence-corrected chi connectivity index (χ2v) is 6.99. The highest BCUT2D eigenvalue weighted by molar-refractivity contribution is 9.10. The number of nitrogens with one attached hydrogen (secondary N) is 2. The van der Waals surface area contributed by atoms with Crippen LogP contribution in [-0.4, -0.2) is 15.9 Å². The van der Waals surface area contributed by atoms with Crippen LogP contribution < -0.4 is 10.6 Å². The average molecular weight is 399 g/mol.